The van der Waals surface area contributed by atoms with E-state index in [1.165, 1.54) is 6.92 Å². The van der Waals surface area contributed by atoms with E-state index in [-0.39, 0.29) is 17.5 Å². The molecule has 142 valence electrons. The molecule has 7 nitrogen and oxygen atoms in total. The molecule has 3 rings (SSSR count). The predicted molar refractivity (Wildman–Crippen MR) is 110 cm³/mol. The minimum Gasteiger partial charge on any atom is -0.339 e. The number of para-hydroxylation sites is 1. The van der Waals surface area contributed by atoms with Crippen LogP contribution in [0.2, 0.25) is 0 Å². The Morgan fingerprint density at radius 2 is 1.68 bits per heavy atom. The standard InChI is InChI=1S/C21H21N5O2/c1-3-15-7-4-5-10-18(15)24-21(28)19-11-12-20(26-25-19)23-17-9-6-8-16(13-17)22-14(2)27/h4-13H,3H2,1-2H3,(H,22,27)(H,23,26)(H,24,28). The number of nitrogens with zero attached hydrogens (tertiary/aromatic N) is 2. The smallest absolute Gasteiger partial charge is 0.276 e. The number of rotatable bonds is 6. The molecule has 2 amide bonds. The topological polar surface area (TPSA) is 96.0 Å². The Bertz CT molecular complexity index is 986. The van der Waals surface area contributed by atoms with Crippen LogP contribution in [0.15, 0.2) is 60.7 Å². The molecule has 0 atom stereocenters. The van der Waals surface area contributed by atoms with Gasteiger partial charge < -0.3 is 16.0 Å². The van der Waals surface area contributed by atoms with E-state index in [9.17, 15) is 9.59 Å². The van der Waals surface area contributed by atoms with Crippen molar-refractivity contribution in [3.63, 3.8) is 0 Å². The average molecular weight is 375 g/mol. The maximum absolute atomic E-state index is 12.4. The Labute approximate surface area is 163 Å². The third-order valence-electron chi connectivity index (χ3n) is 4.00. The van der Waals surface area contributed by atoms with Crippen LogP contribution in [0.1, 0.15) is 29.9 Å². The largest absolute Gasteiger partial charge is 0.339 e. The van der Waals surface area contributed by atoms with E-state index in [1.54, 1.807) is 24.3 Å². The Kier molecular flexibility index (Phi) is 5.96. The van der Waals surface area contributed by atoms with Crippen LogP contribution in [0.25, 0.3) is 0 Å². The van der Waals surface area contributed by atoms with E-state index in [2.05, 4.69) is 26.1 Å². The average Bonchev–Trinajstić information content (AvgIpc) is 2.68. The first-order valence-corrected chi connectivity index (χ1v) is 8.93. The van der Waals surface area contributed by atoms with Crippen molar-refractivity contribution >= 4 is 34.7 Å². The maximum atomic E-state index is 12.4. The lowest BCUT2D eigenvalue weighted by Crippen LogP contribution is -2.15. The summed E-state index contributed by atoms with van der Waals surface area (Å²) in [5, 5.41) is 16.7. The molecule has 0 fully saturated rings. The minimum atomic E-state index is -0.312. The molecule has 0 spiro atoms. The zero-order valence-electron chi connectivity index (χ0n) is 15.7. The SMILES string of the molecule is CCc1ccccc1NC(=O)c1ccc(Nc2cccc(NC(C)=O)c2)nn1. The van der Waals surface area contributed by atoms with Gasteiger partial charge >= 0.3 is 0 Å². The second kappa shape index (κ2) is 8.77. The normalized spacial score (nSPS) is 10.2. The number of hydrogen-bond donors (Lipinski definition) is 3. The molecule has 3 N–H and O–H groups in total. The van der Waals surface area contributed by atoms with Crippen molar-refractivity contribution in [2.45, 2.75) is 20.3 Å². The molecule has 0 aliphatic heterocycles. The molecule has 0 bridgehead atoms. The summed E-state index contributed by atoms with van der Waals surface area (Å²) in [7, 11) is 0. The summed E-state index contributed by atoms with van der Waals surface area (Å²) >= 11 is 0. The summed E-state index contributed by atoms with van der Waals surface area (Å²) in [6.45, 7) is 3.49. The Morgan fingerprint density at radius 3 is 2.39 bits per heavy atom. The van der Waals surface area contributed by atoms with Gasteiger partial charge in [-0.2, -0.15) is 0 Å². The maximum Gasteiger partial charge on any atom is 0.276 e. The van der Waals surface area contributed by atoms with E-state index < -0.39 is 0 Å². The van der Waals surface area contributed by atoms with E-state index in [1.807, 2.05) is 43.3 Å². The molecule has 2 aromatic carbocycles. The molecule has 3 aromatic rings. The predicted octanol–water partition coefficient (Wildman–Crippen LogP) is 3.99. The van der Waals surface area contributed by atoms with Crippen LogP contribution in [0.3, 0.4) is 0 Å². The van der Waals surface area contributed by atoms with Crippen LogP contribution < -0.4 is 16.0 Å². The highest BCUT2D eigenvalue weighted by Crippen LogP contribution is 2.19. The van der Waals surface area contributed by atoms with E-state index in [4.69, 9.17) is 0 Å². The summed E-state index contributed by atoms with van der Waals surface area (Å²) in [6, 6.07) is 18.2. The lowest BCUT2D eigenvalue weighted by molar-refractivity contribution is -0.114. The Hall–Kier alpha value is -3.74. The number of anilines is 4. The lowest BCUT2D eigenvalue weighted by atomic mass is 10.1. The molecule has 0 aliphatic carbocycles. The van der Waals surface area contributed by atoms with Crippen molar-refractivity contribution in [1.82, 2.24) is 10.2 Å². The van der Waals surface area contributed by atoms with Gasteiger partial charge in [0.1, 0.15) is 0 Å². The van der Waals surface area contributed by atoms with Gasteiger partial charge in [0, 0.05) is 24.0 Å². The molecule has 0 unspecified atom stereocenters. The number of amides is 2. The summed E-state index contributed by atoms with van der Waals surface area (Å²) in [5.41, 5.74) is 3.48. The van der Waals surface area contributed by atoms with Crippen molar-refractivity contribution in [2.24, 2.45) is 0 Å². The van der Waals surface area contributed by atoms with Gasteiger partial charge in [0.25, 0.3) is 5.91 Å². The van der Waals surface area contributed by atoms with Gasteiger partial charge in [-0.25, -0.2) is 0 Å². The lowest BCUT2D eigenvalue weighted by Gasteiger charge is -2.10. The monoisotopic (exact) mass is 375 g/mol. The second-order valence-corrected chi connectivity index (χ2v) is 6.16. The molecular weight excluding hydrogens is 354 g/mol. The molecular formula is C21H21N5O2. The van der Waals surface area contributed by atoms with Crippen LogP contribution in [-0.2, 0) is 11.2 Å². The van der Waals surface area contributed by atoms with Gasteiger partial charge in [-0.1, -0.05) is 31.2 Å². The third kappa shape index (κ3) is 4.91. The number of nitrogens with one attached hydrogen (secondary N) is 3. The Morgan fingerprint density at radius 1 is 0.893 bits per heavy atom. The quantitative estimate of drug-likeness (QED) is 0.605. The highest BCUT2D eigenvalue weighted by molar-refractivity contribution is 6.03. The highest BCUT2D eigenvalue weighted by Gasteiger charge is 2.10. The number of carbonyl (C=O) groups excluding carboxylic acids is 2. The summed E-state index contributed by atoms with van der Waals surface area (Å²) < 4.78 is 0. The van der Waals surface area contributed by atoms with Crippen LogP contribution in [0.4, 0.5) is 22.9 Å². The van der Waals surface area contributed by atoms with Crippen molar-refractivity contribution in [1.29, 1.82) is 0 Å². The van der Waals surface area contributed by atoms with Crippen LogP contribution in [0, 0.1) is 0 Å². The molecule has 28 heavy (non-hydrogen) atoms. The first kappa shape index (κ1) is 19.0. The van der Waals surface area contributed by atoms with Crippen molar-refractivity contribution in [2.75, 3.05) is 16.0 Å². The number of benzene rings is 2. The van der Waals surface area contributed by atoms with Crippen molar-refractivity contribution < 1.29 is 9.59 Å². The van der Waals surface area contributed by atoms with E-state index in [0.29, 0.717) is 11.5 Å². The summed E-state index contributed by atoms with van der Waals surface area (Å²) in [5.74, 6) is 0.0371. The van der Waals surface area contributed by atoms with Gasteiger partial charge in [0.2, 0.25) is 5.91 Å². The molecule has 0 aliphatic rings. The Balaban J connectivity index is 1.68. The summed E-state index contributed by atoms with van der Waals surface area (Å²) in [6.07, 6.45) is 0.822. The third-order valence-corrected chi connectivity index (χ3v) is 4.00. The van der Waals surface area contributed by atoms with Crippen molar-refractivity contribution in [3.8, 4) is 0 Å². The second-order valence-electron chi connectivity index (χ2n) is 6.16. The molecule has 0 saturated carbocycles. The number of carbonyl (C=O) groups is 2. The minimum absolute atomic E-state index is 0.142. The van der Waals surface area contributed by atoms with Crippen molar-refractivity contribution in [3.05, 3.63) is 71.9 Å². The van der Waals surface area contributed by atoms with Gasteiger partial charge in [-0.15, -0.1) is 10.2 Å². The number of aromatic nitrogens is 2. The van der Waals surface area contributed by atoms with Crippen LogP contribution in [-0.4, -0.2) is 22.0 Å². The van der Waals surface area contributed by atoms with Gasteiger partial charge in [0.15, 0.2) is 11.5 Å². The molecule has 0 saturated heterocycles. The fraction of sp³-hybridized carbons (Fsp3) is 0.143. The first-order chi connectivity index (χ1) is 13.5. The zero-order chi connectivity index (χ0) is 19.9. The highest BCUT2D eigenvalue weighted by atomic mass is 16.2. The van der Waals surface area contributed by atoms with Gasteiger partial charge in [0.05, 0.1) is 0 Å². The zero-order valence-corrected chi connectivity index (χ0v) is 15.7. The fourth-order valence-electron chi connectivity index (χ4n) is 2.68. The number of hydrogen-bond acceptors (Lipinski definition) is 5. The molecule has 1 heterocycles. The van der Waals surface area contributed by atoms with Gasteiger partial charge in [-0.3, -0.25) is 9.59 Å². The van der Waals surface area contributed by atoms with Crippen LogP contribution >= 0.6 is 0 Å². The molecule has 0 radical (unpaired) electrons. The van der Waals surface area contributed by atoms with E-state index >= 15 is 0 Å². The van der Waals surface area contributed by atoms with E-state index in [0.717, 1.165) is 23.4 Å². The number of aryl methyl sites for hydroxylation is 1. The van der Waals surface area contributed by atoms with Gasteiger partial charge in [-0.05, 0) is 48.4 Å². The first-order valence-electron chi connectivity index (χ1n) is 8.93. The van der Waals surface area contributed by atoms with Crippen LogP contribution in [0.5, 0.6) is 0 Å². The molecule has 1 aromatic heterocycles. The molecule has 7 heteroatoms. The fourth-order valence-corrected chi connectivity index (χ4v) is 2.68. The summed E-state index contributed by atoms with van der Waals surface area (Å²) in [4.78, 5) is 23.6.